The van der Waals surface area contributed by atoms with Crippen molar-refractivity contribution < 1.29 is 21.6 Å². The molecule has 2 heteroatoms. The van der Waals surface area contributed by atoms with E-state index in [1.165, 1.54) is 13.2 Å². The summed E-state index contributed by atoms with van der Waals surface area (Å²) in [5, 5.41) is 0. The predicted octanol–water partition coefficient (Wildman–Crippen LogP) is 0.113. The Morgan fingerprint density at radius 1 is 1.75 bits per heavy atom. The van der Waals surface area contributed by atoms with Crippen molar-refractivity contribution in [3.8, 4) is 0 Å². The van der Waals surface area contributed by atoms with Gasteiger partial charge < -0.3 is 0 Å². The summed E-state index contributed by atoms with van der Waals surface area (Å²) in [5.41, 5.74) is 0. The van der Waals surface area contributed by atoms with Gasteiger partial charge in [-0.3, -0.25) is 4.79 Å². The van der Waals surface area contributed by atoms with Crippen LogP contribution in [0.3, 0.4) is 0 Å². The summed E-state index contributed by atoms with van der Waals surface area (Å²) in [6.45, 7) is 1.32. The zero-order valence-corrected chi connectivity index (χ0v) is 3.28. The Morgan fingerprint density at radius 3 is 1.75 bits per heavy atom. The Morgan fingerprint density at radius 2 is 1.75 bits per heavy atom. The molecule has 4 heavy (non-hydrogen) atoms. The van der Waals surface area contributed by atoms with Crippen LogP contribution in [0.1, 0.15) is 6.92 Å². The molecule has 0 atom stereocenters. The van der Waals surface area contributed by atoms with Gasteiger partial charge in [0.2, 0.25) is 0 Å². The van der Waals surface area contributed by atoms with Gasteiger partial charge in [0, 0.05) is 23.7 Å². The molecule has 0 aromatic carbocycles. The van der Waals surface area contributed by atoms with Crippen LogP contribution in [0.15, 0.2) is 0 Å². The van der Waals surface area contributed by atoms with Crippen LogP contribution in [-0.2, 0) is 21.6 Å². The predicted molar refractivity (Wildman–Crippen MR) is 11.4 cm³/mol. The maximum Gasteiger partial charge on any atom is 0.195 e. The Bertz CT molecular complexity index is 13.5. The van der Waals surface area contributed by atoms with E-state index in [0.29, 0.717) is 0 Å². The molecule has 0 saturated heterocycles. The second-order valence-corrected chi connectivity index (χ2v) is 0.204. The van der Waals surface area contributed by atoms with E-state index in [1.807, 2.05) is 0 Å². The van der Waals surface area contributed by atoms with Crippen molar-refractivity contribution in [3.05, 3.63) is 0 Å². The number of rotatable bonds is 0. The monoisotopic (exact) mass is 102 g/mol. The molecular formula is C2H3CoO. The summed E-state index contributed by atoms with van der Waals surface area (Å²) in [7, 11) is 0. The largest absolute Gasteiger partial charge is 0.291 e. The molecule has 2 radical (unpaired) electrons. The average Bonchev–Trinajstić information content (AvgIpc) is 0.918. The molecule has 0 fully saturated rings. The summed E-state index contributed by atoms with van der Waals surface area (Å²) in [4.78, 5) is 8.68. The summed E-state index contributed by atoms with van der Waals surface area (Å²) in [5.74, 6) is 0. The first kappa shape index (κ1) is 8.90. The van der Waals surface area contributed by atoms with Gasteiger partial charge in [-0.25, -0.2) is 0 Å². The van der Waals surface area contributed by atoms with E-state index in [0.717, 1.165) is 0 Å². The molecule has 0 unspecified atom stereocenters. The SMILES string of the molecule is C[C]=O.[Co]. The maximum absolute atomic E-state index is 8.68. The topological polar surface area (TPSA) is 17.1 Å². The van der Waals surface area contributed by atoms with Crippen molar-refractivity contribution in [3.63, 3.8) is 0 Å². The van der Waals surface area contributed by atoms with E-state index in [9.17, 15) is 0 Å². The van der Waals surface area contributed by atoms with Gasteiger partial charge in [-0.2, -0.15) is 0 Å². The van der Waals surface area contributed by atoms with E-state index >= 15 is 0 Å². The van der Waals surface area contributed by atoms with Gasteiger partial charge in [0.05, 0.1) is 0 Å². The van der Waals surface area contributed by atoms with Crippen molar-refractivity contribution in [2.45, 2.75) is 6.92 Å². The van der Waals surface area contributed by atoms with Crippen LogP contribution in [0.5, 0.6) is 0 Å². The van der Waals surface area contributed by atoms with Gasteiger partial charge in [0.15, 0.2) is 6.29 Å². The zero-order chi connectivity index (χ0) is 2.71. The molecule has 0 aliphatic rings. The van der Waals surface area contributed by atoms with Crippen LogP contribution in [0.2, 0.25) is 0 Å². The van der Waals surface area contributed by atoms with Crippen molar-refractivity contribution in [1.29, 1.82) is 0 Å². The summed E-state index contributed by atoms with van der Waals surface area (Å²) in [6, 6.07) is 0. The first-order chi connectivity index (χ1) is 1.41. The Balaban J connectivity index is 0. The van der Waals surface area contributed by atoms with Gasteiger partial charge in [-0.15, -0.1) is 0 Å². The summed E-state index contributed by atoms with van der Waals surface area (Å²) >= 11 is 0. The van der Waals surface area contributed by atoms with Gasteiger partial charge in [-0.1, -0.05) is 0 Å². The standard InChI is InChI=1S/C2H3O.Co/c1-2-3;/h1H3;. The average molecular weight is 102 g/mol. The molecule has 26 valence electrons. The second kappa shape index (κ2) is 10.9. The molecule has 1 nitrogen and oxygen atoms in total. The summed E-state index contributed by atoms with van der Waals surface area (Å²) in [6.07, 6.45) is 1.50. The Kier molecular flexibility index (Phi) is 24.2. The quantitative estimate of drug-likeness (QED) is 0.424. The molecule has 0 spiro atoms. The van der Waals surface area contributed by atoms with Crippen molar-refractivity contribution >= 4 is 6.29 Å². The van der Waals surface area contributed by atoms with Gasteiger partial charge >= 0.3 is 0 Å². The van der Waals surface area contributed by atoms with E-state index in [1.54, 1.807) is 0 Å². The van der Waals surface area contributed by atoms with Gasteiger partial charge in [0.25, 0.3) is 0 Å². The second-order valence-electron chi connectivity index (χ2n) is 0.204. The third-order valence-corrected chi connectivity index (χ3v) is 0. The minimum absolute atomic E-state index is 0. The van der Waals surface area contributed by atoms with E-state index < -0.39 is 0 Å². The fourth-order valence-electron chi connectivity index (χ4n) is 0. The molecule has 0 amide bonds. The molecule has 0 heterocycles. The smallest absolute Gasteiger partial charge is 0.195 e. The van der Waals surface area contributed by atoms with Crippen LogP contribution in [0.4, 0.5) is 0 Å². The Hall–Kier alpha value is 0.176. The van der Waals surface area contributed by atoms with E-state index in [-0.39, 0.29) is 16.8 Å². The van der Waals surface area contributed by atoms with Crippen LogP contribution in [0.25, 0.3) is 0 Å². The van der Waals surface area contributed by atoms with Crippen molar-refractivity contribution in [1.82, 2.24) is 0 Å². The van der Waals surface area contributed by atoms with Crippen LogP contribution < -0.4 is 0 Å². The van der Waals surface area contributed by atoms with E-state index in [2.05, 4.69) is 0 Å². The van der Waals surface area contributed by atoms with Crippen molar-refractivity contribution in [2.24, 2.45) is 0 Å². The molecule has 0 aromatic heterocycles. The minimum atomic E-state index is 0. The minimum Gasteiger partial charge on any atom is -0.291 e. The van der Waals surface area contributed by atoms with E-state index in [4.69, 9.17) is 4.79 Å². The first-order valence-corrected chi connectivity index (χ1v) is 0.704. The fraction of sp³-hybridized carbons (Fsp3) is 0.500. The van der Waals surface area contributed by atoms with Gasteiger partial charge in [0.1, 0.15) is 0 Å². The molecule has 0 aliphatic carbocycles. The van der Waals surface area contributed by atoms with Crippen LogP contribution in [-0.4, -0.2) is 6.29 Å². The van der Waals surface area contributed by atoms with Gasteiger partial charge in [-0.05, 0) is 0 Å². The molecule has 0 saturated carbocycles. The molecule has 0 aliphatic heterocycles. The van der Waals surface area contributed by atoms with Crippen LogP contribution >= 0.6 is 0 Å². The maximum atomic E-state index is 8.68. The third-order valence-electron chi connectivity index (χ3n) is 0. The third kappa shape index (κ3) is 96.7. The Labute approximate surface area is 35.6 Å². The zero-order valence-electron chi connectivity index (χ0n) is 2.24. The van der Waals surface area contributed by atoms with Crippen LogP contribution in [0, 0.1) is 0 Å². The van der Waals surface area contributed by atoms with Crippen molar-refractivity contribution in [2.75, 3.05) is 0 Å². The number of hydrogen-bond donors (Lipinski definition) is 0. The molecular weight excluding hydrogens is 99.0 g/mol. The molecule has 0 N–H and O–H groups in total. The first-order valence-electron chi connectivity index (χ1n) is 0.704. The molecule has 0 bridgehead atoms. The number of carbonyl (C=O) groups excluding carboxylic acids is 1. The number of hydrogen-bond acceptors (Lipinski definition) is 1. The summed E-state index contributed by atoms with van der Waals surface area (Å²) < 4.78 is 0. The fourth-order valence-corrected chi connectivity index (χ4v) is 0. The molecule has 0 rings (SSSR count). The normalized spacial score (nSPS) is 3.25. The molecule has 0 aromatic rings.